The number of primary amides is 2. The van der Waals surface area contributed by atoms with Crippen molar-refractivity contribution in [1.29, 1.82) is 0 Å². The second-order valence-corrected chi connectivity index (χ2v) is 4.72. The summed E-state index contributed by atoms with van der Waals surface area (Å²) < 4.78 is 0. The van der Waals surface area contributed by atoms with Gasteiger partial charge < -0.3 is 21.7 Å². The number of piperazine rings is 1. The van der Waals surface area contributed by atoms with E-state index in [2.05, 4.69) is 5.32 Å². The molecule has 1 heterocycles. The molecular weight excluding hydrogens is 268 g/mol. The Balaban J connectivity index is 2.47. The molecule has 1 aromatic carbocycles. The van der Waals surface area contributed by atoms with Crippen LogP contribution in [-0.2, 0) is 4.79 Å². The molecule has 1 saturated heterocycles. The van der Waals surface area contributed by atoms with Crippen LogP contribution in [-0.4, -0.2) is 37.5 Å². The van der Waals surface area contributed by atoms with Crippen molar-refractivity contribution in [2.24, 2.45) is 11.5 Å². The largest absolute Gasteiger partial charge is 0.368 e. The Hall–Kier alpha value is -1.79. The molecule has 1 aliphatic rings. The number of nitrogens with one attached hydrogen (secondary N) is 1. The predicted molar refractivity (Wildman–Crippen MR) is 73.2 cm³/mol. The van der Waals surface area contributed by atoms with Gasteiger partial charge in [0, 0.05) is 19.6 Å². The van der Waals surface area contributed by atoms with E-state index in [4.69, 9.17) is 23.1 Å². The van der Waals surface area contributed by atoms with Gasteiger partial charge in [-0.05, 0) is 12.1 Å². The number of amides is 2. The van der Waals surface area contributed by atoms with Crippen molar-refractivity contribution in [3.05, 3.63) is 28.8 Å². The van der Waals surface area contributed by atoms with Gasteiger partial charge >= 0.3 is 0 Å². The standard InChI is InChI=1S/C12H15ClN4O2/c13-7-2-1-3-8(10(7)12(15)19)17-5-4-16-6-9(17)11(14)18/h1-3,9,16H,4-6H2,(H2,14,18)(H2,15,19). The Morgan fingerprint density at radius 1 is 1.37 bits per heavy atom. The highest BCUT2D eigenvalue weighted by molar-refractivity contribution is 6.34. The number of benzene rings is 1. The van der Waals surface area contributed by atoms with Crippen molar-refractivity contribution < 1.29 is 9.59 Å². The second-order valence-electron chi connectivity index (χ2n) is 4.31. The predicted octanol–water partition coefficient (Wildman–Crippen LogP) is -0.298. The first-order valence-electron chi connectivity index (χ1n) is 5.87. The highest BCUT2D eigenvalue weighted by atomic mass is 35.5. The van der Waals surface area contributed by atoms with Crippen LogP contribution in [0.5, 0.6) is 0 Å². The molecule has 1 aliphatic heterocycles. The molecule has 1 atom stereocenters. The van der Waals surface area contributed by atoms with E-state index in [1.165, 1.54) is 0 Å². The van der Waals surface area contributed by atoms with E-state index >= 15 is 0 Å². The minimum Gasteiger partial charge on any atom is -0.368 e. The lowest BCUT2D eigenvalue weighted by Crippen LogP contribution is -2.57. The number of hydrogen-bond acceptors (Lipinski definition) is 4. The molecule has 6 nitrogen and oxygen atoms in total. The summed E-state index contributed by atoms with van der Waals surface area (Å²) in [6.07, 6.45) is 0. The quantitative estimate of drug-likeness (QED) is 0.708. The molecule has 0 spiro atoms. The van der Waals surface area contributed by atoms with Crippen molar-refractivity contribution >= 4 is 29.1 Å². The van der Waals surface area contributed by atoms with Crippen LogP contribution in [0.2, 0.25) is 5.02 Å². The Labute approximate surface area is 115 Å². The zero-order valence-corrected chi connectivity index (χ0v) is 11.0. The first-order chi connectivity index (χ1) is 9.02. The van der Waals surface area contributed by atoms with E-state index in [-0.39, 0.29) is 10.6 Å². The fraction of sp³-hybridized carbons (Fsp3) is 0.333. The van der Waals surface area contributed by atoms with Crippen molar-refractivity contribution in [3.8, 4) is 0 Å². The molecule has 7 heteroatoms. The molecular formula is C12H15ClN4O2. The number of carbonyl (C=O) groups excluding carboxylic acids is 2. The molecule has 1 unspecified atom stereocenters. The normalized spacial score (nSPS) is 19.2. The van der Waals surface area contributed by atoms with Crippen LogP contribution in [0.15, 0.2) is 18.2 Å². The molecule has 5 N–H and O–H groups in total. The smallest absolute Gasteiger partial charge is 0.252 e. The van der Waals surface area contributed by atoms with Gasteiger partial charge in [0.2, 0.25) is 5.91 Å². The van der Waals surface area contributed by atoms with Crippen molar-refractivity contribution in [1.82, 2.24) is 5.32 Å². The maximum Gasteiger partial charge on any atom is 0.252 e. The van der Waals surface area contributed by atoms with Gasteiger partial charge in [0.1, 0.15) is 6.04 Å². The fourth-order valence-electron chi connectivity index (χ4n) is 2.24. The molecule has 2 rings (SSSR count). The summed E-state index contributed by atoms with van der Waals surface area (Å²) in [6, 6.07) is 4.50. The van der Waals surface area contributed by atoms with Crippen molar-refractivity contribution in [2.45, 2.75) is 6.04 Å². The van der Waals surface area contributed by atoms with Gasteiger partial charge in [0.25, 0.3) is 5.91 Å². The number of nitrogens with two attached hydrogens (primary N) is 2. The molecule has 0 bridgehead atoms. The van der Waals surface area contributed by atoms with Crippen LogP contribution >= 0.6 is 11.6 Å². The molecule has 0 radical (unpaired) electrons. The Bertz CT molecular complexity index is 520. The number of anilines is 1. The van der Waals surface area contributed by atoms with Crippen LogP contribution in [0.25, 0.3) is 0 Å². The number of rotatable bonds is 3. The second kappa shape index (κ2) is 5.46. The van der Waals surface area contributed by atoms with Crippen LogP contribution < -0.4 is 21.7 Å². The fourth-order valence-corrected chi connectivity index (χ4v) is 2.51. The molecule has 0 aromatic heterocycles. The molecule has 19 heavy (non-hydrogen) atoms. The molecule has 1 fully saturated rings. The molecule has 0 aliphatic carbocycles. The van der Waals surface area contributed by atoms with Crippen LogP contribution in [0.3, 0.4) is 0 Å². The summed E-state index contributed by atoms with van der Waals surface area (Å²) in [5.74, 6) is -1.08. The summed E-state index contributed by atoms with van der Waals surface area (Å²) in [4.78, 5) is 24.8. The summed E-state index contributed by atoms with van der Waals surface area (Å²) in [6.45, 7) is 1.67. The highest BCUT2D eigenvalue weighted by Gasteiger charge is 2.29. The van der Waals surface area contributed by atoms with E-state index in [1.807, 2.05) is 0 Å². The van der Waals surface area contributed by atoms with Gasteiger partial charge in [-0.15, -0.1) is 0 Å². The van der Waals surface area contributed by atoms with Crippen LogP contribution in [0.1, 0.15) is 10.4 Å². The maximum absolute atomic E-state index is 11.5. The Morgan fingerprint density at radius 2 is 2.11 bits per heavy atom. The topological polar surface area (TPSA) is 101 Å². The number of halogens is 1. The Morgan fingerprint density at radius 3 is 2.74 bits per heavy atom. The third-order valence-electron chi connectivity index (χ3n) is 3.12. The molecule has 102 valence electrons. The highest BCUT2D eigenvalue weighted by Crippen LogP contribution is 2.29. The van der Waals surface area contributed by atoms with E-state index in [0.29, 0.717) is 25.3 Å². The first kappa shape index (κ1) is 13.6. The molecule has 1 aromatic rings. The average molecular weight is 283 g/mol. The molecule has 2 amide bonds. The summed E-state index contributed by atoms with van der Waals surface area (Å²) >= 11 is 6.01. The SMILES string of the molecule is NC(=O)c1c(Cl)cccc1N1CCNCC1C(N)=O. The first-order valence-corrected chi connectivity index (χ1v) is 6.25. The minimum absolute atomic E-state index is 0.220. The molecule has 0 saturated carbocycles. The number of carbonyl (C=O) groups is 2. The van der Waals surface area contributed by atoms with Gasteiger partial charge in [0.15, 0.2) is 0 Å². The summed E-state index contributed by atoms with van der Waals surface area (Å²) in [5.41, 5.74) is 11.5. The van der Waals surface area contributed by atoms with Gasteiger partial charge in [-0.25, -0.2) is 0 Å². The minimum atomic E-state index is -0.623. The van der Waals surface area contributed by atoms with Crippen molar-refractivity contribution in [2.75, 3.05) is 24.5 Å². The average Bonchev–Trinajstić information content (AvgIpc) is 2.37. The lowest BCUT2D eigenvalue weighted by molar-refractivity contribution is -0.119. The zero-order chi connectivity index (χ0) is 14.0. The lowest BCUT2D eigenvalue weighted by atomic mass is 10.1. The van der Waals surface area contributed by atoms with Gasteiger partial charge in [0.05, 0.1) is 16.3 Å². The van der Waals surface area contributed by atoms with Gasteiger partial charge in [-0.1, -0.05) is 17.7 Å². The van der Waals surface area contributed by atoms with E-state index in [1.54, 1.807) is 23.1 Å². The zero-order valence-electron chi connectivity index (χ0n) is 10.2. The number of hydrogen-bond donors (Lipinski definition) is 3. The Kier molecular flexibility index (Phi) is 3.92. The summed E-state index contributed by atoms with van der Waals surface area (Å²) in [7, 11) is 0. The van der Waals surface area contributed by atoms with Gasteiger partial charge in [-0.2, -0.15) is 0 Å². The van der Waals surface area contributed by atoms with E-state index in [9.17, 15) is 9.59 Å². The van der Waals surface area contributed by atoms with Crippen LogP contribution in [0.4, 0.5) is 5.69 Å². The third-order valence-corrected chi connectivity index (χ3v) is 3.43. The van der Waals surface area contributed by atoms with E-state index < -0.39 is 17.9 Å². The number of nitrogens with zero attached hydrogens (tertiary/aromatic N) is 1. The monoisotopic (exact) mass is 282 g/mol. The van der Waals surface area contributed by atoms with Gasteiger partial charge in [-0.3, -0.25) is 9.59 Å². The lowest BCUT2D eigenvalue weighted by Gasteiger charge is -2.36. The van der Waals surface area contributed by atoms with E-state index in [0.717, 1.165) is 0 Å². The third kappa shape index (κ3) is 2.64. The summed E-state index contributed by atoms with van der Waals surface area (Å²) in [5, 5.41) is 3.36. The maximum atomic E-state index is 11.5. The van der Waals surface area contributed by atoms with Crippen LogP contribution in [0, 0.1) is 0 Å². The van der Waals surface area contributed by atoms with Crippen molar-refractivity contribution in [3.63, 3.8) is 0 Å².